The summed E-state index contributed by atoms with van der Waals surface area (Å²) in [5.41, 5.74) is 2.01. The number of rotatable bonds is 4. The summed E-state index contributed by atoms with van der Waals surface area (Å²) in [4.78, 5) is 20.9. The highest BCUT2D eigenvalue weighted by Crippen LogP contribution is 2.11. The smallest absolute Gasteiger partial charge is 0.321 e. The molecule has 6 nitrogen and oxygen atoms in total. The lowest BCUT2D eigenvalue weighted by Crippen LogP contribution is -2.50. The van der Waals surface area contributed by atoms with Gasteiger partial charge in [-0.25, -0.2) is 9.78 Å². The molecule has 1 saturated heterocycles. The van der Waals surface area contributed by atoms with Crippen LogP contribution in [-0.4, -0.2) is 58.1 Å². The first-order valence-corrected chi connectivity index (χ1v) is 8.44. The molecule has 1 aliphatic heterocycles. The van der Waals surface area contributed by atoms with Crippen molar-refractivity contribution < 1.29 is 4.79 Å². The van der Waals surface area contributed by atoms with E-state index in [0.717, 1.165) is 56.3 Å². The summed E-state index contributed by atoms with van der Waals surface area (Å²) in [5, 5.41) is 2.99. The van der Waals surface area contributed by atoms with E-state index in [0.29, 0.717) is 0 Å². The lowest BCUT2D eigenvalue weighted by atomic mass is 10.2. The van der Waals surface area contributed by atoms with Crippen LogP contribution in [0.5, 0.6) is 0 Å². The average Bonchev–Trinajstić information content (AvgIpc) is 2.98. The molecular weight excluding hydrogens is 302 g/mol. The fraction of sp³-hybridized carbons (Fsp3) is 0.444. The number of piperazine rings is 1. The molecule has 2 amide bonds. The van der Waals surface area contributed by atoms with E-state index in [1.165, 1.54) is 0 Å². The van der Waals surface area contributed by atoms with Gasteiger partial charge < -0.3 is 14.8 Å². The molecule has 0 bridgehead atoms. The van der Waals surface area contributed by atoms with Crippen molar-refractivity contribution in [3.63, 3.8) is 0 Å². The van der Waals surface area contributed by atoms with E-state index in [9.17, 15) is 4.79 Å². The van der Waals surface area contributed by atoms with Crippen molar-refractivity contribution in [2.75, 3.05) is 38.0 Å². The average molecular weight is 327 g/mol. The second kappa shape index (κ2) is 7.49. The summed E-state index contributed by atoms with van der Waals surface area (Å²) in [7, 11) is 0. The molecule has 0 atom stereocenters. The van der Waals surface area contributed by atoms with E-state index in [-0.39, 0.29) is 6.03 Å². The van der Waals surface area contributed by atoms with E-state index in [1.54, 1.807) is 0 Å². The second-order valence-corrected chi connectivity index (χ2v) is 6.30. The summed E-state index contributed by atoms with van der Waals surface area (Å²) in [6, 6.07) is 7.89. The Morgan fingerprint density at radius 1 is 1.17 bits per heavy atom. The summed E-state index contributed by atoms with van der Waals surface area (Å²) >= 11 is 0. The second-order valence-electron chi connectivity index (χ2n) is 6.30. The Morgan fingerprint density at radius 3 is 2.62 bits per heavy atom. The molecule has 24 heavy (non-hydrogen) atoms. The third-order valence-electron chi connectivity index (χ3n) is 4.51. The summed E-state index contributed by atoms with van der Waals surface area (Å²) in [6.45, 7) is 9.33. The Hall–Kier alpha value is -2.34. The maximum Gasteiger partial charge on any atom is 0.321 e. The molecule has 2 heterocycles. The van der Waals surface area contributed by atoms with E-state index in [4.69, 9.17) is 0 Å². The van der Waals surface area contributed by atoms with Gasteiger partial charge in [0.2, 0.25) is 0 Å². The van der Waals surface area contributed by atoms with Crippen molar-refractivity contribution in [3.05, 3.63) is 48.0 Å². The number of imidazole rings is 1. The number of hydrogen-bond acceptors (Lipinski definition) is 3. The van der Waals surface area contributed by atoms with Crippen LogP contribution in [0, 0.1) is 13.8 Å². The summed E-state index contributed by atoms with van der Waals surface area (Å²) < 4.78 is 2.16. The lowest BCUT2D eigenvalue weighted by molar-refractivity contribution is 0.144. The Morgan fingerprint density at radius 2 is 1.96 bits per heavy atom. The molecule has 0 aliphatic carbocycles. The highest BCUT2D eigenvalue weighted by atomic mass is 16.2. The third kappa shape index (κ3) is 4.14. The summed E-state index contributed by atoms with van der Waals surface area (Å²) in [5.74, 6) is 1.05. The van der Waals surface area contributed by atoms with Crippen LogP contribution in [0.2, 0.25) is 0 Å². The number of aryl methyl sites for hydroxylation is 2. The van der Waals surface area contributed by atoms with Crippen LogP contribution in [0.3, 0.4) is 0 Å². The Labute approximate surface area is 143 Å². The Kier molecular flexibility index (Phi) is 5.15. The number of hydrogen-bond donors (Lipinski definition) is 1. The van der Waals surface area contributed by atoms with Gasteiger partial charge in [0.05, 0.1) is 0 Å². The van der Waals surface area contributed by atoms with Crippen molar-refractivity contribution in [2.45, 2.75) is 20.4 Å². The van der Waals surface area contributed by atoms with Gasteiger partial charge >= 0.3 is 6.03 Å². The van der Waals surface area contributed by atoms with Crippen molar-refractivity contribution >= 4 is 11.7 Å². The largest absolute Gasteiger partial charge is 0.334 e. The maximum atomic E-state index is 12.4. The van der Waals surface area contributed by atoms with Crippen LogP contribution in [0.25, 0.3) is 0 Å². The topological polar surface area (TPSA) is 53.4 Å². The van der Waals surface area contributed by atoms with Crippen molar-refractivity contribution in [2.24, 2.45) is 0 Å². The fourth-order valence-corrected chi connectivity index (χ4v) is 2.99. The van der Waals surface area contributed by atoms with Gasteiger partial charge in [0.1, 0.15) is 5.82 Å². The zero-order valence-electron chi connectivity index (χ0n) is 14.4. The van der Waals surface area contributed by atoms with Crippen LogP contribution in [0.4, 0.5) is 10.5 Å². The number of urea groups is 1. The number of amides is 2. The van der Waals surface area contributed by atoms with Crippen LogP contribution in [-0.2, 0) is 6.54 Å². The molecule has 6 heteroatoms. The van der Waals surface area contributed by atoms with Gasteiger partial charge in [-0.2, -0.15) is 0 Å². The van der Waals surface area contributed by atoms with E-state index in [1.807, 2.05) is 55.4 Å². The molecular formula is C18H25N5O. The monoisotopic (exact) mass is 327 g/mol. The molecule has 1 aromatic heterocycles. The molecule has 0 spiro atoms. The molecule has 1 N–H and O–H groups in total. The van der Waals surface area contributed by atoms with Gasteiger partial charge in [-0.3, -0.25) is 4.90 Å². The third-order valence-corrected chi connectivity index (χ3v) is 4.51. The summed E-state index contributed by atoms with van der Waals surface area (Å²) in [6.07, 6.45) is 3.85. The lowest BCUT2D eigenvalue weighted by Gasteiger charge is -2.34. The minimum Gasteiger partial charge on any atom is -0.334 e. The van der Waals surface area contributed by atoms with E-state index in [2.05, 4.69) is 19.8 Å². The van der Waals surface area contributed by atoms with Crippen LogP contribution in [0.15, 0.2) is 36.7 Å². The standard InChI is InChI=1S/C18H25N5O/c1-15-4-3-5-17(14-15)20-18(24)23-12-9-21(10-13-23)8-11-22-7-6-19-16(22)2/h3-7,14H,8-13H2,1-2H3,(H,20,24). The number of carbonyl (C=O) groups excluding carboxylic acids is 1. The minimum atomic E-state index is -0.00861. The van der Waals surface area contributed by atoms with E-state index < -0.39 is 0 Å². The number of nitrogens with zero attached hydrogens (tertiary/aromatic N) is 4. The zero-order valence-corrected chi connectivity index (χ0v) is 14.4. The quantitative estimate of drug-likeness (QED) is 0.938. The SMILES string of the molecule is Cc1cccc(NC(=O)N2CCN(CCn3ccnc3C)CC2)c1. The first-order valence-electron chi connectivity index (χ1n) is 8.44. The Bertz CT molecular complexity index is 688. The zero-order chi connectivity index (χ0) is 16.9. The molecule has 1 aliphatic rings. The van der Waals surface area contributed by atoms with Crippen molar-refractivity contribution in [1.82, 2.24) is 19.4 Å². The molecule has 0 unspecified atom stereocenters. The number of nitrogens with one attached hydrogen (secondary N) is 1. The molecule has 1 fully saturated rings. The van der Waals surface area contributed by atoms with Crippen molar-refractivity contribution in [3.8, 4) is 0 Å². The first-order chi connectivity index (χ1) is 11.6. The maximum absolute atomic E-state index is 12.4. The predicted molar refractivity (Wildman–Crippen MR) is 95.2 cm³/mol. The number of anilines is 1. The van der Waals surface area contributed by atoms with Crippen LogP contribution < -0.4 is 5.32 Å². The Balaban J connectivity index is 1.44. The first kappa shape index (κ1) is 16.5. The van der Waals surface area contributed by atoms with Crippen LogP contribution >= 0.6 is 0 Å². The molecule has 3 rings (SSSR count). The fourth-order valence-electron chi connectivity index (χ4n) is 2.99. The van der Waals surface area contributed by atoms with Gasteiger partial charge in [0.15, 0.2) is 0 Å². The number of aromatic nitrogens is 2. The highest BCUT2D eigenvalue weighted by Gasteiger charge is 2.21. The van der Waals surface area contributed by atoms with Gasteiger partial charge in [0.25, 0.3) is 0 Å². The molecule has 2 aromatic rings. The normalized spacial score (nSPS) is 15.5. The van der Waals surface area contributed by atoms with Crippen molar-refractivity contribution in [1.29, 1.82) is 0 Å². The number of carbonyl (C=O) groups is 1. The molecule has 1 aromatic carbocycles. The van der Waals surface area contributed by atoms with Gasteiger partial charge in [0, 0.05) is 57.3 Å². The number of benzene rings is 1. The van der Waals surface area contributed by atoms with Gasteiger partial charge in [-0.15, -0.1) is 0 Å². The predicted octanol–water partition coefficient (Wildman–Crippen LogP) is 2.35. The molecule has 0 radical (unpaired) electrons. The molecule has 0 saturated carbocycles. The highest BCUT2D eigenvalue weighted by molar-refractivity contribution is 5.89. The minimum absolute atomic E-state index is 0.00861. The van der Waals surface area contributed by atoms with Gasteiger partial charge in [-0.1, -0.05) is 12.1 Å². The van der Waals surface area contributed by atoms with Crippen LogP contribution in [0.1, 0.15) is 11.4 Å². The van der Waals surface area contributed by atoms with E-state index >= 15 is 0 Å². The van der Waals surface area contributed by atoms with Gasteiger partial charge in [-0.05, 0) is 31.5 Å². The molecule has 128 valence electrons.